The molecule has 1 saturated carbocycles. The van der Waals surface area contributed by atoms with Gasteiger partial charge >= 0.3 is 11.9 Å². The van der Waals surface area contributed by atoms with E-state index in [1.807, 2.05) is 0 Å². The fourth-order valence-corrected chi connectivity index (χ4v) is 4.43. The summed E-state index contributed by atoms with van der Waals surface area (Å²) in [6.07, 6.45) is 3.88. The predicted molar refractivity (Wildman–Crippen MR) is 99.4 cm³/mol. The van der Waals surface area contributed by atoms with Gasteiger partial charge in [-0.3, -0.25) is 9.69 Å². The van der Waals surface area contributed by atoms with Crippen molar-refractivity contribution in [2.75, 3.05) is 6.54 Å². The Labute approximate surface area is 168 Å². The summed E-state index contributed by atoms with van der Waals surface area (Å²) in [5, 5.41) is 0.414. The zero-order chi connectivity index (χ0) is 20.3. The molecule has 5 nitrogen and oxygen atoms in total. The number of likely N-dealkylation sites (tertiary alicyclic amines) is 1. The van der Waals surface area contributed by atoms with E-state index in [2.05, 4.69) is 4.98 Å². The van der Waals surface area contributed by atoms with E-state index in [1.54, 1.807) is 13.0 Å². The number of hydrogen-bond donors (Lipinski definition) is 1. The third-order valence-corrected chi connectivity index (χ3v) is 6.15. The SMILES string of the molecule is CC(C(=O)Oc1ccc(Cl)cn1)C1CCC([NH+]2CCCCC2=O)CC(F)(F)C1. The second-order valence-corrected chi connectivity index (χ2v) is 8.41. The highest BCUT2D eigenvalue weighted by Crippen LogP contribution is 2.38. The highest BCUT2D eigenvalue weighted by Gasteiger charge is 2.46. The maximum absolute atomic E-state index is 14.6. The van der Waals surface area contributed by atoms with Gasteiger partial charge in [0.25, 0.3) is 5.92 Å². The lowest BCUT2D eigenvalue weighted by atomic mass is 9.86. The van der Waals surface area contributed by atoms with E-state index < -0.39 is 23.7 Å². The largest absolute Gasteiger partial charge is 0.407 e. The summed E-state index contributed by atoms with van der Waals surface area (Å²) in [6.45, 7) is 2.25. The van der Waals surface area contributed by atoms with Crippen LogP contribution < -0.4 is 9.64 Å². The summed E-state index contributed by atoms with van der Waals surface area (Å²) in [4.78, 5) is 29.2. The van der Waals surface area contributed by atoms with Crippen LogP contribution in [-0.2, 0) is 9.59 Å². The van der Waals surface area contributed by atoms with Crippen molar-refractivity contribution in [1.82, 2.24) is 4.98 Å². The summed E-state index contributed by atoms with van der Waals surface area (Å²) >= 11 is 5.76. The number of carbonyl (C=O) groups excluding carboxylic acids is 2. The number of rotatable bonds is 4. The molecule has 28 heavy (non-hydrogen) atoms. The van der Waals surface area contributed by atoms with Crippen molar-refractivity contribution < 1.29 is 28.0 Å². The normalized spacial score (nSPS) is 29.0. The van der Waals surface area contributed by atoms with Gasteiger partial charge in [0.15, 0.2) is 0 Å². The molecule has 1 N–H and O–H groups in total. The van der Waals surface area contributed by atoms with Crippen molar-refractivity contribution in [1.29, 1.82) is 0 Å². The minimum absolute atomic E-state index is 0.0479. The van der Waals surface area contributed by atoms with Gasteiger partial charge in [0.05, 0.1) is 30.3 Å². The minimum atomic E-state index is -2.90. The van der Waals surface area contributed by atoms with Gasteiger partial charge in [-0.25, -0.2) is 18.6 Å². The molecule has 2 heterocycles. The maximum Gasteiger partial charge on any atom is 0.315 e. The van der Waals surface area contributed by atoms with Gasteiger partial charge < -0.3 is 4.74 Å². The predicted octanol–water partition coefficient (Wildman–Crippen LogP) is 3.07. The molecule has 0 spiro atoms. The first-order valence-electron chi connectivity index (χ1n) is 9.85. The van der Waals surface area contributed by atoms with Crippen LogP contribution in [0.5, 0.6) is 5.88 Å². The van der Waals surface area contributed by atoms with Gasteiger partial charge in [0, 0.05) is 25.1 Å². The molecule has 4 atom stereocenters. The van der Waals surface area contributed by atoms with Crippen molar-refractivity contribution in [3.05, 3.63) is 23.4 Å². The number of quaternary nitrogens is 1. The first kappa shape index (κ1) is 21.1. The van der Waals surface area contributed by atoms with E-state index in [0.29, 0.717) is 35.7 Å². The molecule has 0 bridgehead atoms. The zero-order valence-electron chi connectivity index (χ0n) is 15.9. The number of piperidine rings is 1. The molecular formula is C20H26ClF2N2O3+. The van der Waals surface area contributed by atoms with E-state index >= 15 is 0 Å². The van der Waals surface area contributed by atoms with Crippen molar-refractivity contribution in [3.63, 3.8) is 0 Å². The maximum atomic E-state index is 14.6. The number of esters is 1. The zero-order valence-corrected chi connectivity index (χ0v) is 16.7. The molecule has 1 aromatic heterocycles. The Morgan fingerprint density at radius 1 is 1.32 bits per heavy atom. The quantitative estimate of drug-likeness (QED) is 0.606. The van der Waals surface area contributed by atoms with Crippen molar-refractivity contribution >= 4 is 23.5 Å². The number of nitrogens with zero attached hydrogens (tertiary/aromatic N) is 1. The second-order valence-electron chi connectivity index (χ2n) is 7.98. The third-order valence-electron chi connectivity index (χ3n) is 5.93. The highest BCUT2D eigenvalue weighted by atomic mass is 35.5. The average Bonchev–Trinajstić information content (AvgIpc) is 2.81. The van der Waals surface area contributed by atoms with Gasteiger partial charge in [0.2, 0.25) is 5.88 Å². The Kier molecular flexibility index (Phi) is 6.65. The molecule has 0 aromatic carbocycles. The lowest BCUT2D eigenvalue weighted by Gasteiger charge is -2.30. The molecule has 4 unspecified atom stereocenters. The number of halogens is 3. The van der Waals surface area contributed by atoms with E-state index in [4.69, 9.17) is 16.3 Å². The van der Waals surface area contributed by atoms with Gasteiger partial charge in [0.1, 0.15) is 6.04 Å². The standard InChI is InChI=1S/C20H25ClF2N2O3/c1-13(19(27)28-17-8-6-15(21)12-24-17)14-5-7-16(11-20(22,23)10-14)25-9-3-2-4-18(25)26/h6,8,12-14,16H,2-5,7,9-11H2,1H3/p+1. The van der Waals surface area contributed by atoms with Crippen LogP contribution in [0.2, 0.25) is 5.02 Å². The number of nitrogens with one attached hydrogen (secondary N) is 1. The summed E-state index contributed by atoms with van der Waals surface area (Å²) in [7, 11) is 0. The smallest absolute Gasteiger partial charge is 0.315 e. The number of pyridine rings is 1. The van der Waals surface area contributed by atoms with E-state index in [-0.39, 0.29) is 30.7 Å². The lowest BCUT2D eigenvalue weighted by molar-refractivity contribution is -0.854. The molecule has 1 saturated heterocycles. The number of hydrogen-bond acceptors (Lipinski definition) is 4. The van der Waals surface area contributed by atoms with Crippen LogP contribution in [0.15, 0.2) is 18.3 Å². The van der Waals surface area contributed by atoms with E-state index in [0.717, 1.165) is 12.8 Å². The average molecular weight is 416 g/mol. The Morgan fingerprint density at radius 3 is 2.79 bits per heavy atom. The van der Waals surface area contributed by atoms with E-state index in [1.165, 1.54) is 12.3 Å². The van der Waals surface area contributed by atoms with Crippen LogP contribution in [0.25, 0.3) is 0 Å². The summed E-state index contributed by atoms with van der Waals surface area (Å²) < 4.78 is 34.5. The van der Waals surface area contributed by atoms with Crippen LogP contribution in [0.1, 0.15) is 51.9 Å². The molecule has 1 aliphatic carbocycles. The first-order chi connectivity index (χ1) is 13.2. The van der Waals surface area contributed by atoms with Crippen LogP contribution in [0.3, 0.4) is 0 Å². The third kappa shape index (κ3) is 5.26. The fourth-order valence-electron chi connectivity index (χ4n) is 4.31. The Morgan fingerprint density at radius 2 is 2.11 bits per heavy atom. The van der Waals surface area contributed by atoms with Crippen molar-refractivity contribution in [3.8, 4) is 5.88 Å². The molecule has 2 fully saturated rings. The van der Waals surface area contributed by atoms with Gasteiger partial charge in [-0.2, -0.15) is 0 Å². The minimum Gasteiger partial charge on any atom is -0.407 e. The van der Waals surface area contributed by atoms with Gasteiger partial charge in [-0.05, 0) is 31.2 Å². The van der Waals surface area contributed by atoms with E-state index in [9.17, 15) is 18.4 Å². The summed E-state index contributed by atoms with van der Waals surface area (Å²) in [6, 6.07) is 2.63. The number of carbonyl (C=O) groups is 2. The molecule has 1 aliphatic heterocycles. The first-order valence-corrected chi connectivity index (χ1v) is 10.2. The monoisotopic (exact) mass is 415 g/mol. The molecule has 2 aliphatic rings. The summed E-state index contributed by atoms with van der Waals surface area (Å²) in [5.74, 6) is -4.51. The topological polar surface area (TPSA) is 60.7 Å². The number of ether oxygens (including phenoxy) is 1. The Balaban J connectivity index is 1.65. The molecule has 1 amide bonds. The number of alkyl halides is 2. The second kappa shape index (κ2) is 8.82. The molecular weight excluding hydrogens is 390 g/mol. The number of amides is 1. The van der Waals surface area contributed by atoms with Gasteiger partial charge in [-0.15, -0.1) is 0 Å². The Hall–Kier alpha value is -1.60. The van der Waals surface area contributed by atoms with Crippen LogP contribution >= 0.6 is 11.6 Å². The number of aromatic nitrogens is 1. The fraction of sp³-hybridized carbons (Fsp3) is 0.650. The van der Waals surface area contributed by atoms with Crippen molar-refractivity contribution in [2.24, 2.45) is 11.8 Å². The van der Waals surface area contributed by atoms with Crippen LogP contribution in [-0.4, -0.2) is 35.4 Å². The van der Waals surface area contributed by atoms with Crippen LogP contribution in [0.4, 0.5) is 8.78 Å². The molecule has 1 aromatic rings. The molecule has 8 heteroatoms. The van der Waals surface area contributed by atoms with Gasteiger partial charge in [-0.1, -0.05) is 18.5 Å². The highest BCUT2D eigenvalue weighted by molar-refractivity contribution is 6.30. The van der Waals surface area contributed by atoms with Crippen LogP contribution in [0, 0.1) is 11.8 Å². The summed E-state index contributed by atoms with van der Waals surface area (Å²) in [5.41, 5.74) is 0. The molecule has 154 valence electrons. The lowest BCUT2D eigenvalue weighted by Crippen LogP contribution is -3.19. The molecule has 3 rings (SSSR count). The van der Waals surface area contributed by atoms with Crippen molar-refractivity contribution in [2.45, 2.75) is 63.8 Å². The Bertz CT molecular complexity index is 714. The molecule has 0 radical (unpaired) electrons.